The highest BCUT2D eigenvalue weighted by Gasteiger charge is 2.17. The van der Waals surface area contributed by atoms with E-state index in [9.17, 15) is 0 Å². The highest BCUT2D eigenvalue weighted by Crippen LogP contribution is 2.19. The zero-order valence-electron chi connectivity index (χ0n) is 9.37. The summed E-state index contributed by atoms with van der Waals surface area (Å²) >= 11 is 0. The smallest absolute Gasteiger partial charge is 0.142 e. The van der Waals surface area contributed by atoms with Crippen LogP contribution in [0.2, 0.25) is 0 Å². The van der Waals surface area contributed by atoms with Crippen LogP contribution in [0, 0.1) is 0 Å². The van der Waals surface area contributed by atoms with E-state index in [1.54, 1.807) is 0 Å². The van der Waals surface area contributed by atoms with Crippen molar-refractivity contribution in [2.45, 2.75) is 13.1 Å². The lowest BCUT2D eigenvalue weighted by molar-refractivity contribution is 0.556. The first-order valence-corrected chi connectivity index (χ1v) is 5.55. The van der Waals surface area contributed by atoms with Gasteiger partial charge in [0.05, 0.1) is 6.54 Å². The highest BCUT2D eigenvalue weighted by molar-refractivity contribution is 5.46. The van der Waals surface area contributed by atoms with Crippen LogP contribution in [-0.4, -0.2) is 21.1 Å². The van der Waals surface area contributed by atoms with Gasteiger partial charge in [-0.25, -0.2) is 15.8 Å². The Hall–Kier alpha value is -2.08. The SMILES string of the molecule is NNc1cccc(N2CCn3ccnc3C2)n1. The second-order valence-corrected chi connectivity index (χ2v) is 3.98. The van der Waals surface area contributed by atoms with Crippen molar-refractivity contribution in [2.24, 2.45) is 5.84 Å². The van der Waals surface area contributed by atoms with Gasteiger partial charge in [-0.3, -0.25) is 0 Å². The number of nitrogens with zero attached hydrogens (tertiary/aromatic N) is 4. The molecule has 0 saturated carbocycles. The van der Waals surface area contributed by atoms with Crippen molar-refractivity contribution in [3.8, 4) is 0 Å². The summed E-state index contributed by atoms with van der Waals surface area (Å²) in [5.74, 6) is 8.04. The molecule has 0 atom stereocenters. The number of imidazole rings is 1. The van der Waals surface area contributed by atoms with E-state index < -0.39 is 0 Å². The number of nitrogen functional groups attached to an aromatic ring is 1. The van der Waals surface area contributed by atoms with Crippen molar-refractivity contribution < 1.29 is 0 Å². The number of nitrogens with one attached hydrogen (secondary N) is 1. The lowest BCUT2D eigenvalue weighted by Crippen LogP contribution is -2.34. The number of anilines is 2. The van der Waals surface area contributed by atoms with Crippen LogP contribution in [0.1, 0.15) is 5.82 Å². The molecule has 6 heteroatoms. The highest BCUT2D eigenvalue weighted by atomic mass is 15.3. The minimum absolute atomic E-state index is 0.677. The summed E-state index contributed by atoms with van der Waals surface area (Å²) in [7, 11) is 0. The van der Waals surface area contributed by atoms with Crippen LogP contribution in [0.25, 0.3) is 0 Å². The molecule has 1 aliphatic rings. The van der Waals surface area contributed by atoms with Gasteiger partial charge in [0.25, 0.3) is 0 Å². The van der Waals surface area contributed by atoms with Gasteiger partial charge in [-0.15, -0.1) is 0 Å². The molecular weight excluding hydrogens is 216 g/mol. The number of rotatable bonds is 2. The van der Waals surface area contributed by atoms with Crippen molar-refractivity contribution in [1.82, 2.24) is 14.5 Å². The number of hydrazine groups is 1. The first kappa shape index (κ1) is 10.1. The Morgan fingerprint density at radius 2 is 2.24 bits per heavy atom. The fourth-order valence-corrected chi connectivity index (χ4v) is 2.05. The van der Waals surface area contributed by atoms with Gasteiger partial charge in [-0.1, -0.05) is 6.07 Å². The van der Waals surface area contributed by atoms with Crippen molar-refractivity contribution in [3.05, 3.63) is 36.4 Å². The monoisotopic (exact) mass is 230 g/mol. The molecule has 3 rings (SSSR count). The molecule has 0 aliphatic carbocycles. The fraction of sp³-hybridized carbons (Fsp3) is 0.273. The largest absolute Gasteiger partial charge is 0.347 e. The normalized spacial score (nSPS) is 14.5. The molecule has 88 valence electrons. The van der Waals surface area contributed by atoms with Crippen molar-refractivity contribution >= 4 is 11.6 Å². The van der Waals surface area contributed by atoms with Gasteiger partial charge in [0.15, 0.2) is 0 Å². The van der Waals surface area contributed by atoms with E-state index in [4.69, 9.17) is 5.84 Å². The van der Waals surface area contributed by atoms with E-state index in [1.807, 2.05) is 30.6 Å². The molecule has 0 bridgehead atoms. The van der Waals surface area contributed by atoms with Crippen molar-refractivity contribution in [2.75, 3.05) is 16.9 Å². The Kier molecular flexibility index (Phi) is 2.41. The van der Waals surface area contributed by atoms with E-state index in [0.29, 0.717) is 5.82 Å². The Bertz CT molecular complexity index is 520. The Morgan fingerprint density at radius 3 is 3.12 bits per heavy atom. The van der Waals surface area contributed by atoms with E-state index in [1.165, 1.54) is 0 Å². The van der Waals surface area contributed by atoms with Crippen LogP contribution in [0.4, 0.5) is 11.6 Å². The van der Waals surface area contributed by atoms with E-state index in [2.05, 4.69) is 24.9 Å². The van der Waals surface area contributed by atoms with Crippen molar-refractivity contribution in [3.63, 3.8) is 0 Å². The first-order valence-electron chi connectivity index (χ1n) is 5.55. The van der Waals surface area contributed by atoms with Crippen LogP contribution in [0.5, 0.6) is 0 Å². The average molecular weight is 230 g/mol. The number of pyridine rings is 1. The molecule has 0 amide bonds. The summed E-state index contributed by atoms with van der Waals surface area (Å²) in [4.78, 5) is 11.0. The maximum atomic E-state index is 5.36. The van der Waals surface area contributed by atoms with Crippen LogP contribution >= 0.6 is 0 Å². The summed E-state index contributed by atoms with van der Waals surface area (Å²) in [5.41, 5.74) is 2.56. The maximum absolute atomic E-state index is 5.36. The third-order valence-corrected chi connectivity index (χ3v) is 2.95. The topological polar surface area (TPSA) is 72.0 Å². The number of nitrogens with two attached hydrogens (primary N) is 1. The van der Waals surface area contributed by atoms with Gasteiger partial charge in [-0.2, -0.15) is 0 Å². The summed E-state index contributed by atoms with van der Waals surface area (Å²) < 4.78 is 2.17. The molecular formula is C11H14N6. The van der Waals surface area contributed by atoms with Gasteiger partial charge in [0.2, 0.25) is 0 Å². The zero-order valence-corrected chi connectivity index (χ0v) is 9.37. The standard InChI is InChI=1S/C11H14N6/c12-15-9-2-1-3-10(14-9)17-7-6-16-5-4-13-11(16)8-17/h1-5H,6-8,12H2,(H,14,15). The molecule has 2 aromatic heterocycles. The number of aromatic nitrogens is 3. The lowest BCUT2D eigenvalue weighted by Gasteiger charge is -2.28. The predicted octanol–water partition coefficient (Wildman–Crippen LogP) is 0.584. The molecule has 0 unspecified atom stereocenters. The molecule has 17 heavy (non-hydrogen) atoms. The predicted molar refractivity (Wildman–Crippen MR) is 65.3 cm³/mol. The van der Waals surface area contributed by atoms with Gasteiger partial charge in [0.1, 0.15) is 17.5 Å². The summed E-state index contributed by atoms with van der Waals surface area (Å²) in [6.07, 6.45) is 3.85. The minimum Gasteiger partial charge on any atom is -0.347 e. The Morgan fingerprint density at radius 1 is 1.29 bits per heavy atom. The third kappa shape index (κ3) is 1.83. The van der Waals surface area contributed by atoms with Crippen molar-refractivity contribution in [1.29, 1.82) is 0 Å². The van der Waals surface area contributed by atoms with Crippen LogP contribution < -0.4 is 16.2 Å². The summed E-state index contributed by atoms with van der Waals surface area (Å²) in [6, 6.07) is 5.77. The number of fused-ring (bicyclic) bond motifs is 1. The third-order valence-electron chi connectivity index (χ3n) is 2.95. The molecule has 2 aromatic rings. The maximum Gasteiger partial charge on any atom is 0.142 e. The lowest BCUT2D eigenvalue weighted by atomic mass is 10.3. The second-order valence-electron chi connectivity index (χ2n) is 3.98. The average Bonchev–Trinajstić information content (AvgIpc) is 2.86. The summed E-state index contributed by atoms with van der Waals surface area (Å²) in [5, 5.41) is 0. The minimum atomic E-state index is 0.677. The molecule has 0 radical (unpaired) electrons. The molecule has 0 spiro atoms. The Balaban J connectivity index is 1.86. The zero-order chi connectivity index (χ0) is 11.7. The Labute approximate surface area is 99.1 Å². The van der Waals surface area contributed by atoms with E-state index >= 15 is 0 Å². The van der Waals surface area contributed by atoms with E-state index in [-0.39, 0.29) is 0 Å². The molecule has 0 fully saturated rings. The molecule has 0 aromatic carbocycles. The molecule has 0 saturated heterocycles. The van der Waals surface area contributed by atoms with Crippen LogP contribution in [0.3, 0.4) is 0 Å². The summed E-state index contributed by atoms with van der Waals surface area (Å²) in [6.45, 7) is 2.66. The number of hydrogen-bond donors (Lipinski definition) is 2. The molecule has 1 aliphatic heterocycles. The van der Waals surface area contributed by atoms with Gasteiger partial charge in [0, 0.05) is 25.5 Å². The van der Waals surface area contributed by atoms with Crippen LogP contribution in [0.15, 0.2) is 30.6 Å². The molecule has 6 nitrogen and oxygen atoms in total. The van der Waals surface area contributed by atoms with Gasteiger partial charge >= 0.3 is 0 Å². The fourth-order valence-electron chi connectivity index (χ4n) is 2.05. The van der Waals surface area contributed by atoms with E-state index in [0.717, 1.165) is 31.3 Å². The molecule has 3 heterocycles. The number of hydrogen-bond acceptors (Lipinski definition) is 5. The van der Waals surface area contributed by atoms with Gasteiger partial charge < -0.3 is 14.9 Å². The quantitative estimate of drug-likeness (QED) is 0.583. The molecule has 3 N–H and O–H groups in total. The van der Waals surface area contributed by atoms with Gasteiger partial charge in [-0.05, 0) is 12.1 Å². The van der Waals surface area contributed by atoms with Crippen LogP contribution in [-0.2, 0) is 13.1 Å². The first-order chi connectivity index (χ1) is 8.36. The second kappa shape index (κ2) is 4.06.